The Morgan fingerprint density at radius 1 is 1.32 bits per heavy atom. The van der Waals surface area contributed by atoms with Crippen LogP contribution < -0.4 is 10.1 Å². The minimum absolute atomic E-state index is 0.174. The van der Waals surface area contributed by atoms with Crippen LogP contribution in [0.15, 0.2) is 42.5 Å². The zero-order valence-corrected chi connectivity index (χ0v) is 15.3. The molecule has 2 rings (SSSR count). The number of ether oxygens (including phenoxy) is 1. The van der Waals surface area contributed by atoms with Gasteiger partial charge in [0.25, 0.3) is 5.91 Å². The molecule has 5 heteroatoms. The first-order valence-electron chi connectivity index (χ1n) is 6.99. The lowest BCUT2D eigenvalue weighted by Gasteiger charge is -2.18. The van der Waals surface area contributed by atoms with Gasteiger partial charge in [0.15, 0.2) is 6.10 Å². The van der Waals surface area contributed by atoms with Crippen molar-refractivity contribution >= 4 is 45.8 Å². The maximum Gasteiger partial charge on any atom is 0.265 e. The Hall–Kier alpha value is -1.27. The van der Waals surface area contributed by atoms with Crippen molar-refractivity contribution in [2.24, 2.45) is 0 Å². The monoisotopic (exact) mass is 429 g/mol. The van der Waals surface area contributed by atoms with Crippen LogP contribution in [0.3, 0.4) is 0 Å². The number of amides is 1. The number of anilines is 1. The molecule has 0 aliphatic rings. The summed E-state index contributed by atoms with van der Waals surface area (Å²) in [4.78, 5) is 12.4. The highest BCUT2D eigenvalue weighted by Gasteiger charge is 2.20. The number of halogens is 2. The van der Waals surface area contributed by atoms with Crippen LogP contribution in [-0.2, 0) is 4.79 Å². The van der Waals surface area contributed by atoms with Crippen LogP contribution in [0.5, 0.6) is 5.75 Å². The van der Waals surface area contributed by atoms with Gasteiger partial charge in [-0.25, -0.2) is 0 Å². The number of carbonyl (C=O) groups excluding carboxylic acids is 1. The normalized spacial score (nSPS) is 11.8. The van der Waals surface area contributed by atoms with Crippen molar-refractivity contribution in [2.75, 3.05) is 5.32 Å². The van der Waals surface area contributed by atoms with Crippen LogP contribution in [0.4, 0.5) is 5.69 Å². The van der Waals surface area contributed by atoms with Crippen LogP contribution in [-0.4, -0.2) is 12.0 Å². The van der Waals surface area contributed by atoms with Gasteiger partial charge in [-0.2, -0.15) is 0 Å². The maximum atomic E-state index is 12.4. The van der Waals surface area contributed by atoms with Gasteiger partial charge in [-0.15, -0.1) is 0 Å². The molecule has 0 saturated carbocycles. The summed E-state index contributed by atoms with van der Waals surface area (Å²) in [6.07, 6.45) is -0.0286. The van der Waals surface area contributed by atoms with Crippen molar-refractivity contribution in [1.29, 1.82) is 0 Å². The van der Waals surface area contributed by atoms with Gasteiger partial charge in [-0.05, 0) is 71.8 Å². The zero-order valence-electron chi connectivity index (χ0n) is 12.4. The van der Waals surface area contributed by atoms with E-state index in [0.717, 1.165) is 14.8 Å². The van der Waals surface area contributed by atoms with Crippen LogP contribution in [0.25, 0.3) is 0 Å². The lowest BCUT2D eigenvalue weighted by atomic mass is 10.2. The Bertz CT molecular complexity index is 675. The maximum absolute atomic E-state index is 12.4. The summed E-state index contributed by atoms with van der Waals surface area (Å²) in [5.74, 6) is 0.345. The number of aryl methyl sites for hydroxylation is 1. The first kappa shape index (κ1) is 17.1. The largest absolute Gasteiger partial charge is 0.479 e. The van der Waals surface area contributed by atoms with E-state index in [2.05, 4.69) is 27.9 Å². The lowest BCUT2D eigenvalue weighted by Crippen LogP contribution is -2.32. The molecule has 0 aromatic heterocycles. The second-order valence-electron chi connectivity index (χ2n) is 4.89. The fourth-order valence-electron chi connectivity index (χ4n) is 2.00. The highest BCUT2D eigenvalue weighted by molar-refractivity contribution is 14.1. The van der Waals surface area contributed by atoms with Gasteiger partial charge >= 0.3 is 0 Å². The molecule has 0 radical (unpaired) electrons. The smallest absolute Gasteiger partial charge is 0.265 e. The average Bonchev–Trinajstić information content (AvgIpc) is 2.49. The van der Waals surface area contributed by atoms with Crippen molar-refractivity contribution in [3.63, 3.8) is 0 Å². The summed E-state index contributed by atoms with van der Waals surface area (Å²) in [5.41, 5.74) is 1.82. The highest BCUT2D eigenvalue weighted by atomic mass is 127. The molecule has 1 atom stereocenters. The topological polar surface area (TPSA) is 38.3 Å². The summed E-state index contributed by atoms with van der Waals surface area (Å²) < 4.78 is 6.88. The molecule has 0 bridgehead atoms. The molecule has 1 amide bonds. The molecule has 1 N–H and O–H groups in total. The van der Waals surface area contributed by atoms with Gasteiger partial charge < -0.3 is 10.1 Å². The molecule has 0 spiro atoms. The molecule has 0 aliphatic carbocycles. The highest BCUT2D eigenvalue weighted by Crippen LogP contribution is 2.25. The summed E-state index contributed by atoms with van der Waals surface area (Å²) in [5, 5.41) is 3.42. The van der Waals surface area contributed by atoms with E-state index in [-0.39, 0.29) is 5.91 Å². The Labute approximate surface area is 149 Å². The summed E-state index contributed by atoms with van der Waals surface area (Å²) >= 11 is 8.32. The predicted molar refractivity (Wildman–Crippen MR) is 98.7 cm³/mol. The molecule has 3 nitrogen and oxygen atoms in total. The van der Waals surface area contributed by atoms with Crippen LogP contribution in [0.2, 0.25) is 5.02 Å². The van der Waals surface area contributed by atoms with Gasteiger partial charge in [0.1, 0.15) is 5.75 Å². The van der Waals surface area contributed by atoms with E-state index in [1.165, 1.54) is 0 Å². The zero-order chi connectivity index (χ0) is 16.1. The average molecular weight is 430 g/mol. The van der Waals surface area contributed by atoms with Gasteiger partial charge in [0.05, 0.1) is 5.02 Å². The fourth-order valence-corrected chi connectivity index (χ4v) is 2.82. The molecule has 0 fully saturated rings. The van der Waals surface area contributed by atoms with Crippen LogP contribution >= 0.6 is 34.2 Å². The standard InChI is InChI=1S/C17H17ClINO2/c1-3-15(22-16-7-5-4-6-13(16)18)17(21)20-14-9-8-12(19)10-11(14)2/h4-10,15H,3H2,1-2H3,(H,20,21)/t15-/m1/s1. The van der Waals surface area contributed by atoms with Crippen molar-refractivity contribution < 1.29 is 9.53 Å². The van der Waals surface area contributed by atoms with Crippen LogP contribution in [0, 0.1) is 10.5 Å². The second-order valence-corrected chi connectivity index (χ2v) is 6.55. The predicted octanol–water partition coefficient (Wildman–Crippen LogP) is 5.05. The second kappa shape index (κ2) is 7.83. The molecule has 116 valence electrons. The lowest BCUT2D eigenvalue weighted by molar-refractivity contribution is -0.122. The summed E-state index contributed by atoms with van der Waals surface area (Å²) in [6.45, 7) is 3.87. The number of hydrogen-bond acceptors (Lipinski definition) is 2. The van der Waals surface area contributed by atoms with Gasteiger partial charge in [-0.1, -0.05) is 30.7 Å². The Morgan fingerprint density at radius 3 is 2.68 bits per heavy atom. The van der Waals surface area contributed by atoms with Crippen molar-refractivity contribution in [3.8, 4) is 5.75 Å². The Morgan fingerprint density at radius 2 is 2.05 bits per heavy atom. The first-order valence-corrected chi connectivity index (χ1v) is 8.45. The van der Waals surface area contributed by atoms with E-state index in [0.29, 0.717) is 17.2 Å². The van der Waals surface area contributed by atoms with Crippen molar-refractivity contribution in [3.05, 3.63) is 56.6 Å². The number of hydrogen-bond donors (Lipinski definition) is 1. The Kier molecular flexibility index (Phi) is 6.08. The molecule has 2 aromatic rings. The van der Waals surface area contributed by atoms with Crippen molar-refractivity contribution in [1.82, 2.24) is 0 Å². The molecule has 0 aliphatic heterocycles. The summed E-state index contributed by atoms with van der Waals surface area (Å²) in [7, 11) is 0. The third kappa shape index (κ3) is 4.36. The Balaban J connectivity index is 2.10. The number of nitrogens with one attached hydrogen (secondary N) is 1. The molecule has 0 unspecified atom stereocenters. The van der Waals surface area contributed by atoms with E-state index < -0.39 is 6.10 Å². The first-order chi connectivity index (χ1) is 10.5. The number of carbonyl (C=O) groups is 1. The van der Waals surface area contributed by atoms with E-state index in [9.17, 15) is 4.79 Å². The third-order valence-electron chi connectivity index (χ3n) is 3.22. The molecule has 0 heterocycles. The molecule has 22 heavy (non-hydrogen) atoms. The van der Waals surface area contributed by atoms with E-state index in [1.54, 1.807) is 12.1 Å². The SMILES string of the molecule is CC[C@@H](Oc1ccccc1Cl)C(=O)Nc1ccc(I)cc1C. The van der Waals surface area contributed by atoms with Gasteiger partial charge in [0.2, 0.25) is 0 Å². The van der Waals surface area contributed by atoms with E-state index >= 15 is 0 Å². The summed E-state index contributed by atoms with van der Waals surface area (Å²) in [6, 6.07) is 13.0. The minimum atomic E-state index is -0.585. The van der Waals surface area contributed by atoms with E-state index in [4.69, 9.17) is 16.3 Å². The minimum Gasteiger partial charge on any atom is -0.479 e. The molecular formula is C17H17ClINO2. The van der Waals surface area contributed by atoms with Gasteiger partial charge in [0, 0.05) is 9.26 Å². The van der Waals surface area contributed by atoms with Gasteiger partial charge in [-0.3, -0.25) is 4.79 Å². The molecular weight excluding hydrogens is 413 g/mol. The third-order valence-corrected chi connectivity index (χ3v) is 4.20. The quantitative estimate of drug-likeness (QED) is 0.676. The fraction of sp³-hybridized carbons (Fsp3) is 0.235. The van der Waals surface area contributed by atoms with Crippen LogP contribution in [0.1, 0.15) is 18.9 Å². The van der Waals surface area contributed by atoms with E-state index in [1.807, 2.05) is 44.2 Å². The molecule has 2 aromatic carbocycles. The number of benzene rings is 2. The number of para-hydroxylation sites is 1. The number of rotatable bonds is 5. The van der Waals surface area contributed by atoms with Crippen molar-refractivity contribution in [2.45, 2.75) is 26.4 Å². The molecule has 0 saturated heterocycles.